The van der Waals surface area contributed by atoms with Crippen LogP contribution in [0.4, 0.5) is 0 Å². The van der Waals surface area contributed by atoms with Crippen molar-refractivity contribution in [3.8, 4) is 17.1 Å². The molecule has 3 atom stereocenters. The van der Waals surface area contributed by atoms with Crippen molar-refractivity contribution in [2.45, 2.75) is 38.0 Å². The van der Waals surface area contributed by atoms with E-state index in [9.17, 15) is 10.2 Å². The minimum absolute atomic E-state index is 0.118. The number of nitrogens with two attached hydrogens (primary N) is 1. The van der Waals surface area contributed by atoms with E-state index in [1.165, 1.54) is 0 Å². The third kappa shape index (κ3) is 3.83. The number of fused-ring (bicyclic) bond motifs is 1. The van der Waals surface area contributed by atoms with Gasteiger partial charge >= 0.3 is 0 Å². The van der Waals surface area contributed by atoms with Gasteiger partial charge in [-0.05, 0) is 55.5 Å². The fourth-order valence-electron chi connectivity index (χ4n) is 4.39. The van der Waals surface area contributed by atoms with Crippen LogP contribution in [0.5, 0.6) is 0 Å². The summed E-state index contributed by atoms with van der Waals surface area (Å²) in [6.07, 6.45) is 4.03. The van der Waals surface area contributed by atoms with Crippen LogP contribution < -0.4 is 5.73 Å². The number of nitrogens with zero attached hydrogens (tertiary/aromatic N) is 4. The maximum Gasteiger partial charge on any atom is 0.154 e. The molecule has 3 heterocycles. The first-order valence-electron chi connectivity index (χ1n) is 10.6. The molecule has 0 aliphatic heterocycles. The summed E-state index contributed by atoms with van der Waals surface area (Å²) >= 11 is 0. The summed E-state index contributed by atoms with van der Waals surface area (Å²) in [6.45, 7) is -0.118. The molecule has 31 heavy (non-hydrogen) atoms. The van der Waals surface area contributed by atoms with Gasteiger partial charge in [0.1, 0.15) is 0 Å². The minimum Gasteiger partial charge on any atom is -0.393 e. The van der Waals surface area contributed by atoms with Crippen LogP contribution in [0.25, 0.3) is 28.0 Å². The van der Waals surface area contributed by atoms with Crippen molar-refractivity contribution < 1.29 is 10.2 Å². The standard InChI is InChI=1S/C24H25N5O2/c25-24(16-9-10-19(31)11-16)21-5-2-4-20(28-21)15-7-8-17-13-26-29(22(17)12-15)23-6-1-3-18(14-30)27-23/h1-8,12-13,16,19,24,30-31H,9-11,14,25H2. The van der Waals surface area contributed by atoms with E-state index in [2.05, 4.69) is 10.1 Å². The van der Waals surface area contributed by atoms with E-state index in [1.54, 1.807) is 16.9 Å². The first-order chi connectivity index (χ1) is 15.1. The third-order valence-corrected chi connectivity index (χ3v) is 6.10. The van der Waals surface area contributed by atoms with E-state index >= 15 is 0 Å². The maximum atomic E-state index is 9.86. The second-order valence-corrected chi connectivity index (χ2v) is 8.18. The Morgan fingerprint density at radius 1 is 1.06 bits per heavy atom. The van der Waals surface area contributed by atoms with Crippen molar-refractivity contribution in [3.63, 3.8) is 0 Å². The highest BCUT2D eigenvalue weighted by atomic mass is 16.3. The number of benzene rings is 1. The molecule has 158 valence electrons. The van der Waals surface area contributed by atoms with Crippen molar-refractivity contribution in [1.29, 1.82) is 0 Å². The SMILES string of the molecule is NC(c1cccc(-c2ccc3cnn(-c4cccc(CO)n4)c3c2)n1)C1CCC(O)C1. The fraction of sp³-hybridized carbons (Fsp3) is 0.292. The van der Waals surface area contributed by atoms with E-state index in [4.69, 9.17) is 10.7 Å². The highest BCUT2D eigenvalue weighted by Gasteiger charge is 2.29. The molecule has 0 bridgehead atoms. The Morgan fingerprint density at radius 3 is 2.74 bits per heavy atom. The smallest absolute Gasteiger partial charge is 0.154 e. The Morgan fingerprint density at radius 2 is 1.94 bits per heavy atom. The zero-order valence-corrected chi connectivity index (χ0v) is 17.1. The summed E-state index contributed by atoms with van der Waals surface area (Å²) in [5.41, 5.74) is 10.7. The van der Waals surface area contributed by atoms with E-state index in [1.807, 2.05) is 48.5 Å². The van der Waals surface area contributed by atoms with Crippen molar-refractivity contribution in [2.24, 2.45) is 11.7 Å². The second kappa shape index (κ2) is 8.19. The fourth-order valence-corrected chi connectivity index (χ4v) is 4.39. The molecule has 5 rings (SSSR count). The molecular formula is C24H25N5O2. The van der Waals surface area contributed by atoms with Crippen LogP contribution >= 0.6 is 0 Å². The molecule has 3 unspecified atom stereocenters. The zero-order chi connectivity index (χ0) is 21.4. The lowest BCUT2D eigenvalue weighted by molar-refractivity contribution is 0.175. The molecule has 1 aromatic carbocycles. The molecule has 3 aromatic heterocycles. The lowest BCUT2D eigenvalue weighted by Gasteiger charge is -2.19. The molecule has 1 fully saturated rings. The molecule has 7 nitrogen and oxygen atoms in total. The third-order valence-electron chi connectivity index (χ3n) is 6.10. The molecule has 4 N–H and O–H groups in total. The second-order valence-electron chi connectivity index (χ2n) is 8.18. The van der Waals surface area contributed by atoms with E-state index in [0.29, 0.717) is 11.5 Å². The maximum absolute atomic E-state index is 9.86. The van der Waals surface area contributed by atoms with Gasteiger partial charge in [0.2, 0.25) is 0 Å². The Kier molecular flexibility index (Phi) is 5.23. The van der Waals surface area contributed by atoms with Crippen LogP contribution in [0.2, 0.25) is 0 Å². The molecule has 1 saturated carbocycles. The van der Waals surface area contributed by atoms with E-state index < -0.39 is 0 Å². The first-order valence-corrected chi connectivity index (χ1v) is 10.6. The zero-order valence-electron chi connectivity index (χ0n) is 17.1. The number of aromatic nitrogens is 4. The average molecular weight is 415 g/mol. The van der Waals surface area contributed by atoms with Gasteiger partial charge in [-0.15, -0.1) is 0 Å². The Bertz CT molecular complexity index is 1220. The summed E-state index contributed by atoms with van der Waals surface area (Å²) < 4.78 is 1.77. The normalized spacial score (nSPS) is 19.7. The van der Waals surface area contributed by atoms with Crippen LogP contribution in [0.1, 0.15) is 36.7 Å². The molecule has 1 aliphatic rings. The summed E-state index contributed by atoms with van der Waals surface area (Å²) in [6, 6.07) is 17.3. The van der Waals surface area contributed by atoms with Gasteiger partial charge < -0.3 is 15.9 Å². The number of aliphatic hydroxyl groups excluding tert-OH is 2. The Balaban J connectivity index is 1.51. The van der Waals surface area contributed by atoms with E-state index in [0.717, 1.165) is 47.1 Å². The summed E-state index contributed by atoms with van der Waals surface area (Å²) in [7, 11) is 0. The predicted octanol–water partition coefficient (Wildman–Crippen LogP) is 3.14. The molecule has 0 radical (unpaired) electrons. The lowest BCUT2D eigenvalue weighted by atomic mass is 9.95. The highest BCUT2D eigenvalue weighted by Crippen LogP contribution is 2.34. The van der Waals surface area contributed by atoms with Crippen molar-refractivity contribution in [2.75, 3.05) is 0 Å². The Hall–Kier alpha value is -3.13. The van der Waals surface area contributed by atoms with Crippen molar-refractivity contribution in [1.82, 2.24) is 19.7 Å². The molecule has 4 aromatic rings. The number of aliphatic hydroxyl groups is 2. The van der Waals surface area contributed by atoms with Gasteiger partial charge in [-0.2, -0.15) is 5.10 Å². The van der Waals surface area contributed by atoms with Gasteiger partial charge in [-0.25, -0.2) is 9.67 Å². The van der Waals surface area contributed by atoms with Crippen LogP contribution in [0.15, 0.2) is 60.8 Å². The topological polar surface area (TPSA) is 110 Å². The molecule has 0 spiro atoms. The Labute approximate surface area is 180 Å². The molecule has 0 saturated heterocycles. The lowest BCUT2D eigenvalue weighted by Crippen LogP contribution is -2.21. The van der Waals surface area contributed by atoms with Crippen LogP contribution in [-0.2, 0) is 6.61 Å². The number of pyridine rings is 2. The van der Waals surface area contributed by atoms with Crippen LogP contribution in [0, 0.1) is 5.92 Å². The largest absolute Gasteiger partial charge is 0.393 e. The first kappa shape index (κ1) is 19.8. The van der Waals surface area contributed by atoms with Crippen molar-refractivity contribution >= 4 is 10.9 Å². The summed E-state index contributed by atoms with van der Waals surface area (Å²) in [4.78, 5) is 9.32. The minimum atomic E-state index is -0.250. The molecular weight excluding hydrogens is 390 g/mol. The monoisotopic (exact) mass is 415 g/mol. The number of hydrogen-bond donors (Lipinski definition) is 3. The summed E-state index contributed by atoms with van der Waals surface area (Å²) in [5.74, 6) is 0.911. The van der Waals surface area contributed by atoms with Crippen LogP contribution in [0.3, 0.4) is 0 Å². The number of hydrogen-bond acceptors (Lipinski definition) is 6. The van der Waals surface area contributed by atoms with Gasteiger partial charge in [0.25, 0.3) is 0 Å². The average Bonchev–Trinajstić information content (AvgIpc) is 3.44. The van der Waals surface area contributed by atoms with Crippen molar-refractivity contribution in [3.05, 3.63) is 72.2 Å². The van der Waals surface area contributed by atoms with Gasteiger partial charge in [-0.1, -0.05) is 24.3 Å². The highest BCUT2D eigenvalue weighted by molar-refractivity contribution is 5.84. The van der Waals surface area contributed by atoms with Gasteiger partial charge in [0.05, 0.1) is 41.5 Å². The van der Waals surface area contributed by atoms with E-state index in [-0.39, 0.29) is 24.7 Å². The quantitative estimate of drug-likeness (QED) is 0.462. The van der Waals surface area contributed by atoms with Gasteiger partial charge in [0.15, 0.2) is 5.82 Å². The molecule has 7 heteroatoms. The van der Waals surface area contributed by atoms with Gasteiger partial charge in [-0.3, -0.25) is 4.98 Å². The van der Waals surface area contributed by atoms with Crippen LogP contribution in [-0.4, -0.2) is 36.1 Å². The van der Waals surface area contributed by atoms with Gasteiger partial charge in [0, 0.05) is 17.0 Å². The predicted molar refractivity (Wildman–Crippen MR) is 118 cm³/mol. The number of rotatable bonds is 5. The summed E-state index contributed by atoms with van der Waals surface area (Å²) in [5, 5.41) is 24.7. The molecule has 1 aliphatic carbocycles. The molecule has 0 amide bonds.